The molecule has 2 aromatic rings. The number of halogens is 1. The Balaban J connectivity index is 1.99. The number of hydrogen-bond donors (Lipinski definition) is 1. The summed E-state index contributed by atoms with van der Waals surface area (Å²) in [6.07, 6.45) is 3.36. The molecule has 1 unspecified atom stereocenters. The van der Waals surface area contributed by atoms with E-state index in [0.29, 0.717) is 5.56 Å². The third-order valence-electron chi connectivity index (χ3n) is 4.30. The maximum Gasteiger partial charge on any atom is 0.132 e. The number of fused-ring (bicyclic) bond motifs is 1. The number of phenolic OH excluding ortho intramolecular Hbond substituents is 1. The van der Waals surface area contributed by atoms with Crippen LogP contribution < -0.4 is 4.90 Å². The third kappa shape index (κ3) is 2.73. The van der Waals surface area contributed by atoms with Gasteiger partial charge in [0, 0.05) is 23.9 Å². The van der Waals surface area contributed by atoms with Crippen molar-refractivity contribution < 1.29 is 9.50 Å². The molecule has 110 valence electrons. The molecule has 1 N–H and O–H groups in total. The van der Waals surface area contributed by atoms with Gasteiger partial charge in [0.05, 0.1) is 6.04 Å². The fourth-order valence-electron chi connectivity index (χ4n) is 3.15. The smallest absolute Gasteiger partial charge is 0.132 e. The summed E-state index contributed by atoms with van der Waals surface area (Å²) in [5.74, 6) is -0.371. The second kappa shape index (κ2) is 5.76. The van der Waals surface area contributed by atoms with Crippen LogP contribution in [0.3, 0.4) is 0 Å². The molecule has 2 nitrogen and oxygen atoms in total. The molecule has 0 aliphatic carbocycles. The largest absolute Gasteiger partial charge is 0.508 e. The monoisotopic (exact) mass is 285 g/mol. The lowest BCUT2D eigenvalue weighted by molar-refractivity contribution is 0.466. The summed E-state index contributed by atoms with van der Waals surface area (Å²) in [6, 6.07) is 12.8. The fraction of sp³-hybridized carbons (Fsp3) is 0.333. The van der Waals surface area contributed by atoms with Gasteiger partial charge in [0.1, 0.15) is 11.6 Å². The van der Waals surface area contributed by atoms with Crippen molar-refractivity contribution in [2.75, 3.05) is 11.4 Å². The van der Waals surface area contributed by atoms with Gasteiger partial charge in [-0.05, 0) is 43.9 Å². The molecule has 3 heteroatoms. The van der Waals surface area contributed by atoms with Crippen molar-refractivity contribution in [1.29, 1.82) is 0 Å². The van der Waals surface area contributed by atoms with Crippen LogP contribution in [0.15, 0.2) is 42.5 Å². The van der Waals surface area contributed by atoms with Crippen LogP contribution in [0.4, 0.5) is 10.1 Å². The van der Waals surface area contributed by atoms with Crippen molar-refractivity contribution in [3.8, 4) is 5.75 Å². The first-order chi connectivity index (χ1) is 10.2. The molecule has 1 heterocycles. The van der Waals surface area contributed by atoms with Crippen LogP contribution in [-0.4, -0.2) is 11.7 Å². The van der Waals surface area contributed by atoms with Crippen LogP contribution in [0, 0.1) is 5.82 Å². The van der Waals surface area contributed by atoms with Crippen LogP contribution in [0.1, 0.15) is 36.9 Å². The van der Waals surface area contributed by atoms with E-state index in [0.717, 1.165) is 25.8 Å². The topological polar surface area (TPSA) is 23.5 Å². The molecule has 1 aliphatic heterocycles. The molecule has 0 radical (unpaired) electrons. The highest BCUT2D eigenvalue weighted by Gasteiger charge is 2.23. The highest BCUT2D eigenvalue weighted by Crippen LogP contribution is 2.34. The van der Waals surface area contributed by atoms with Crippen LogP contribution in [0.25, 0.3) is 0 Å². The van der Waals surface area contributed by atoms with Crippen molar-refractivity contribution in [3.05, 3.63) is 59.4 Å². The molecule has 1 aliphatic rings. The van der Waals surface area contributed by atoms with Crippen LogP contribution in [0.2, 0.25) is 0 Å². The Kier molecular flexibility index (Phi) is 3.82. The molecular formula is C18H20FNO. The minimum absolute atomic E-state index is 0.0280. The van der Waals surface area contributed by atoms with E-state index >= 15 is 0 Å². The Morgan fingerprint density at radius 3 is 2.76 bits per heavy atom. The van der Waals surface area contributed by atoms with Gasteiger partial charge in [-0.25, -0.2) is 4.39 Å². The Labute approximate surface area is 124 Å². The van der Waals surface area contributed by atoms with Gasteiger partial charge in [-0.1, -0.05) is 24.3 Å². The molecule has 3 rings (SSSR count). The normalized spacial score (nSPS) is 16.2. The van der Waals surface area contributed by atoms with E-state index in [4.69, 9.17) is 0 Å². The Morgan fingerprint density at radius 1 is 1.14 bits per heavy atom. The number of rotatable bonds is 2. The van der Waals surface area contributed by atoms with Gasteiger partial charge < -0.3 is 10.0 Å². The first kappa shape index (κ1) is 13.9. The zero-order valence-electron chi connectivity index (χ0n) is 12.2. The summed E-state index contributed by atoms with van der Waals surface area (Å²) in [6.45, 7) is 2.95. The standard InChI is InChI=1S/C18H20FNO/c1-13(16-10-9-15(21)12-17(16)19)20-11-5-4-7-14-6-2-3-8-18(14)20/h2-3,6,8-10,12-13,21H,4-5,7,11H2,1H3. The van der Waals surface area contributed by atoms with Crippen LogP contribution in [0.5, 0.6) is 5.75 Å². The molecule has 0 bridgehead atoms. The molecule has 0 saturated carbocycles. The quantitative estimate of drug-likeness (QED) is 0.882. The van der Waals surface area contributed by atoms with E-state index in [2.05, 4.69) is 23.1 Å². The Bertz CT molecular complexity index is 641. The number of phenols is 1. The van der Waals surface area contributed by atoms with Crippen molar-refractivity contribution in [1.82, 2.24) is 0 Å². The van der Waals surface area contributed by atoms with E-state index < -0.39 is 0 Å². The van der Waals surface area contributed by atoms with Gasteiger partial charge in [-0.15, -0.1) is 0 Å². The summed E-state index contributed by atoms with van der Waals surface area (Å²) in [5, 5.41) is 9.38. The average molecular weight is 285 g/mol. The Hall–Kier alpha value is -2.03. The molecular weight excluding hydrogens is 265 g/mol. The van der Waals surface area contributed by atoms with Crippen molar-refractivity contribution in [2.45, 2.75) is 32.2 Å². The number of aryl methyl sites for hydroxylation is 1. The SMILES string of the molecule is CC(c1ccc(O)cc1F)N1CCCCc2ccccc21. The van der Waals surface area contributed by atoms with Crippen molar-refractivity contribution >= 4 is 5.69 Å². The fourth-order valence-corrected chi connectivity index (χ4v) is 3.15. The molecule has 1 atom stereocenters. The number of anilines is 1. The second-order valence-corrected chi connectivity index (χ2v) is 5.66. The maximum absolute atomic E-state index is 14.1. The van der Waals surface area contributed by atoms with Gasteiger partial charge in [0.2, 0.25) is 0 Å². The second-order valence-electron chi connectivity index (χ2n) is 5.66. The average Bonchev–Trinajstić information content (AvgIpc) is 2.69. The lowest BCUT2D eigenvalue weighted by atomic mass is 10.0. The van der Waals surface area contributed by atoms with E-state index in [1.807, 2.05) is 13.0 Å². The minimum atomic E-state index is -0.343. The molecule has 0 spiro atoms. The van der Waals surface area contributed by atoms with Gasteiger partial charge >= 0.3 is 0 Å². The lowest BCUT2D eigenvalue weighted by Gasteiger charge is -2.32. The summed E-state index contributed by atoms with van der Waals surface area (Å²) in [7, 11) is 0. The number of para-hydroxylation sites is 1. The van der Waals surface area contributed by atoms with E-state index in [-0.39, 0.29) is 17.6 Å². The van der Waals surface area contributed by atoms with Crippen molar-refractivity contribution in [2.24, 2.45) is 0 Å². The van der Waals surface area contributed by atoms with Gasteiger partial charge in [0.25, 0.3) is 0 Å². The Morgan fingerprint density at radius 2 is 1.95 bits per heavy atom. The van der Waals surface area contributed by atoms with Gasteiger partial charge in [-0.3, -0.25) is 0 Å². The van der Waals surface area contributed by atoms with E-state index in [9.17, 15) is 9.50 Å². The number of benzene rings is 2. The van der Waals surface area contributed by atoms with Crippen molar-refractivity contribution in [3.63, 3.8) is 0 Å². The van der Waals surface area contributed by atoms with Crippen LogP contribution >= 0.6 is 0 Å². The highest BCUT2D eigenvalue weighted by atomic mass is 19.1. The molecule has 2 aromatic carbocycles. The predicted molar refractivity (Wildman–Crippen MR) is 83.2 cm³/mol. The highest BCUT2D eigenvalue weighted by molar-refractivity contribution is 5.56. The zero-order chi connectivity index (χ0) is 14.8. The number of nitrogens with zero attached hydrogens (tertiary/aromatic N) is 1. The van der Waals surface area contributed by atoms with E-state index in [1.54, 1.807) is 12.1 Å². The minimum Gasteiger partial charge on any atom is -0.508 e. The summed E-state index contributed by atoms with van der Waals surface area (Å²) >= 11 is 0. The molecule has 0 aromatic heterocycles. The summed E-state index contributed by atoms with van der Waals surface area (Å²) < 4.78 is 14.1. The number of hydrogen-bond acceptors (Lipinski definition) is 2. The predicted octanol–water partition coefficient (Wildman–Crippen LogP) is 4.44. The maximum atomic E-state index is 14.1. The van der Waals surface area contributed by atoms with Gasteiger partial charge in [0.15, 0.2) is 0 Å². The van der Waals surface area contributed by atoms with E-state index in [1.165, 1.54) is 17.3 Å². The molecule has 0 fully saturated rings. The lowest BCUT2D eigenvalue weighted by Crippen LogP contribution is -2.28. The molecule has 0 amide bonds. The van der Waals surface area contributed by atoms with Gasteiger partial charge in [-0.2, -0.15) is 0 Å². The summed E-state index contributed by atoms with van der Waals surface area (Å²) in [4.78, 5) is 2.28. The first-order valence-corrected chi connectivity index (χ1v) is 7.50. The van der Waals surface area contributed by atoms with Crippen LogP contribution in [-0.2, 0) is 6.42 Å². The zero-order valence-corrected chi connectivity index (χ0v) is 12.2. The number of aromatic hydroxyl groups is 1. The first-order valence-electron chi connectivity index (χ1n) is 7.50. The molecule has 21 heavy (non-hydrogen) atoms. The molecule has 0 saturated heterocycles. The summed E-state index contributed by atoms with van der Waals surface area (Å²) in [5.41, 5.74) is 3.17. The third-order valence-corrected chi connectivity index (χ3v) is 4.30.